The highest BCUT2D eigenvalue weighted by Crippen LogP contribution is 2.43. The molecule has 9 aromatic rings. The fourth-order valence-corrected chi connectivity index (χ4v) is 8.61. The number of hydrogen-bond acceptors (Lipinski definition) is 5. The Hall–Kier alpha value is -4.68. The zero-order valence-corrected chi connectivity index (χ0v) is 25.0. The number of aromatic nitrogens is 3. The molecule has 202 valence electrons. The van der Waals surface area contributed by atoms with Crippen LogP contribution in [0.5, 0.6) is 0 Å². The van der Waals surface area contributed by atoms with Gasteiger partial charge in [0.15, 0.2) is 17.5 Å². The standard InChI is InChI=1S/C37H20ClN3S2/c38-29-18-17-28(34-33(29)27-10-4-6-12-31(27)43-34)37-40-35(23-14-13-21-7-1-2-8-22(21)19-23)39-36(41-37)24-15-16-26-25-9-3-5-11-30(25)42-32(26)20-24/h1-20H. The molecular weight excluding hydrogens is 586 g/mol. The van der Waals surface area contributed by atoms with Crippen molar-refractivity contribution < 1.29 is 0 Å². The molecule has 0 fully saturated rings. The van der Waals surface area contributed by atoms with Crippen molar-refractivity contribution >= 4 is 85.4 Å². The Balaban J connectivity index is 1.30. The lowest BCUT2D eigenvalue weighted by molar-refractivity contribution is 1.08. The Morgan fingerprint density at radius 2 is 1.09 bits per heavy atom. The molecule has 6 aromatic carbocycles. The maximum absolute atomic E-state index is 6.79. The second-order valence-electron chi connectivity index (χ2n) is 10.6. The van der Waals surface area contributed by atoms with E-state index in [-0.39, 0.29) is 0 Å². The molecule has 3 aromatic heterocycles. The lowest BCUT2D eigenvalue weighted by Gasteiger charge is -2.10. The Kier molecular flexibility index (Phi) is 5.60. The van der Waals surface area contributed by atoms with E-state index in [4.69, 9.17) is 26.6 Å². The monoisotopic (exact) mass is 605 g/mol. The minimum Gasteiger partial charge on any atom is -0.208 e. The summed E-state index contributed by atoms with van der Waals surface area (Å²) in [4.78, 5) is 15.3. The van der Waals surface area contributed by atoms with Crippen molar-refractivity contribution in [2.45, 2.75) is 0 Å². The lowest BCUT2D eigenvalue weighted by Crippen LogP contribution is -2.00. The number of thiophene rings is 2. The summed E-state index contributed by atoms with van der Waals surface area (Å²) >= 11 is 10.3. The third-order valence-corrected chi connectivity index (χ3v) is 10.6. The van der Waals surface area contributed by atoms with Crippen LogP contribution in [0.1, 0.15) is 0 Å². The predicted molar refractivity (Wildman–Crippen MR) is 184 cm³/mol. The Morgan fingerprint density at radius 1 is 0.465 bits per heavy atom. The number of rotatable bonds is 3. The van der Waals surface area contributed by atoms with Crippen LogP contribution in [-0.4, -0.2) is 15.0 Å². The molecule has 9 rings (SSSR count). The van der Waals surface area contributed by atoms with Crippen molar-refractivity contribution in [1.82, 2.24) is 15.0 Å². The smallest absolute Gasteiger partial charge is 0.165 e. The van der Waals surface area contributed by atoms with Crippen LogP contribution < -0.4 is 0 Å². The van der Waals surface area contributed by atoms with Crippen LogP contribution in [0, 0.1) is 0 Å². The van der Waals surface area contributed by atoms with Gasteiger partial charge in [0, 0.05) is 62.1 Å². The Bertz CT molecular complexity index is 2550. The normalized spacial score (nSPS) is 11.8. The highest BCUT2D eigenvalue weighted by Gasteiger charge is 2.19. The van der Waals surface area contributed by atoms with E-state index < -0.39 is 0 Å². The number of hydrogen-bond donors (Lipinski definition) is 0. The predicted octanol–water partition coefficient (Wildman–Crippen LogP) is 11.4. The van der Waals surface area contributed by atoms with Gasteiger partial charge >= 0.3 is 0 Å². The first-order chi connectivity index (χ1) is 21.2. The first-order valence-electron chi connectivity index (χ1n) is 14.0. The van der Waals surface area contributed by atoms with Crippen LogP contribution in [0.3, 0.4) is 0 Å². The minimum absolute atomic E-state index is 0.637. The van der Waals surface area contributed by atoms with E-state index in [1.165, 1.54) is 30.3 Å². The molecule has 0 saturated carbocycles. The second kappa shape index (κ2) is 9.68. The van der Waals surface area contributed by atoms with Gasteiger partial charge < -0.3 is 0 Å². The summed E-state index contributed by atoms with van der Waals surface area (Å²) in [6.07, 6.45) is 0. The van der Waals surface area contributed by atoms with E-state index >= 15 is 0 Å². The van der Waals surface area contributed by atoms with Gasteiger partial charge in [0.05, 0.1) is 0 Å². The van der Waals surface area contributed by atoms with Crippen molar-refractivity contribution in [3.63, 3.8) is 0 Å². The van der Waals surface area contributed by atoms with Gasteiger partial charge in [-0.2, -0.15) is 0 Å². The summed E-state index contributed by atoms with van der Waals surface area (Å²) in [6, 6.07) is 42.2. The van der Waals surface area contributed by atoms with Gasteiger partial charge in [0.2, 0.25) is 0 Å². The molecular formula is C37H20ClN3S2. The number of halogens is 1. The van der Waals surface area contributed by atoms with E-state index in [1.54, 1.807) is 22.7 Å². The first kappa shape index (κ1) is 24.9. The van der Waals surface area contributed by atoms with Gasteiger partial charge in [-0.05, 0) is 47.2 Å². The number of benzene rings is 6. The van der Waals surface area contributed by atoms with Crippen LogP contribution >= 0.6 is 34.3 Å². The average molecular weight is 606 g/mol. The fourth-order valence-electron chi connectivity index (χ4n) is 5.91. The van der Waals surface area contributed by atoms with Crippen molar-refractivity contribution in [1.29, 1.82) is 0 Å². The maximum Gasteiger partial charge on any atom is 0.165 e. The summed E-state index contributed by atoms with van der Waals surface area (Å²) in [6.45, 7) is 0. The molecule has 0 amide bonds. The molecule has 0 spiro atoms. The molecule has 0 unspecified atom stereocenters. The Labute approximate surface area is 259 Å². The van der Waals surface area contributed by atoms with Crippen molar-refractivity contribution in [2.75, 3.05) is 0 Å². The molecule has 3 nitrogen and oxygen atoms in total. The van der Waals surface area contributed by atoms with Gasteiger partial charge in [-0.25, -0.2) is 15.0 Å². The molecule has 0 aliphatic carbocycles. The van der Waals surface area contributed by atoms with Crippen molar-refractivity contribution in [3.05, 3.63) is 126 Å². The van der Waals surface area contributed by atoms with Crippen LogP contribution in [-0.2, 0) is 0 Å². The zero-order valence-electron chi connectivity index (χ0n) is 22.6. The molecule has 6 heteroatoms. The molecule has 0 saturated heterocycles. The molecule has 0 atom stereocenters. The van der Waals surface area contributed by atoms with E-state index in [2.05, 4.69) is 109 Å². The summed E-state index contributed by atoms with van der Waals surface area (Å²) in [7, 11) is 0. The van der Waals surface area contributed by atoms with E-state index in [9.17, 15) is 0 Å². The summed E-state index contributed by atoms with van der Waals surface area (Å²) in [5, 5.41) is 7.77. The number of nitrogens with zero attached hydrogens (tertiary/aromatic N) is 3. The summed E-state index contributed by atoms with van der Waals surface area (Å²) < 4.78 is 4.75. The topological polar surface area (TPSA) is 38.7 Å². The van der Waals surface area contributed by atoms with Crippen molar-refractivity contribution in [2.24, 2.45) is 0 Å². The highest BCUT2D eigenvalue weighted by molar-refractivity contribution is 7.26. The van der Waals surface area contributed by atoms with Gasteiger partial charge in [0.1, 0.15) is 0 Å². The van der Waals surface area contributed by atoms with Crippen molar-refractivity contribution in [3.8, 4) is 34.2 Å². The van der Waals surface area contributed by atoms with Crippen LogP contribution in [0.4, 0.5) is 0 Å². The molecule has 0 radical (unpaired) electrons. The van der Waals surface area contributed by atoms with Crippen LogP contribution in [0.2, 0.25) is 5.02 Å². The van der Waals surface area contributed by atoms with Gasteiger partial charge in [-0.15, -0.1) is 22.7 Å². The van der Waals surface area contributed by atoms with Gasteiger partial charge in [0.25, 0.3) is 0 Å². The van der Waals surface area contributed by atoms with Gasteiger partial charge in [-0.1, -0.05) is 96.5 Å². The average Bonchev–Trinajstić information content (AvgIpc) is 3.63. The molecule has 43 heavy (non-hydrogen) atoms. The van der Waals surface area contributed by atoms with E-state index in [1.807, 2.05) is 12.1 Å². The Morgan fingerprint density at radius 3 is 1.93 bits per heavy atom. The minimum atomic E-state index is 0.637. The van der Waals surface area contributed by atoms with E-state index in [0.717, 1.165) is 42.6 Å². The first-order valence-corrected chi connectivity index (χ1v) is 16.0. The third kappa shape index (κ3) is 4.04. The molecule has 3 heterocycles. The molecule has 0 aliphatic rings. The fraction of sp³-hybridized carbons (Fsp3) is 0. The van der Waals surface area contributed by atoms with Crippen LogP contribution in [0.25, 0.3) is 85.3 Å². The molecule has 0 bridgehead atoms. The second-order valence-corrected chi connectivity index (χ2v) is 13.1. The zero-order chi connectivity index (χ0) is 28.5. The lowest BCUT2D eigenvalue weighted by atomic mass is 10.1. The van der Waals surface area contributed by atoms with Crippen LogP contribution in [0.15, 0.2) is 121 Å². The molecule has 0 aliphatic heterocycles. The SMILES string of the molecule is Clc1ccc(-c2nc(-c3ccc4ccccc4c3)nc(-c3ccc4c(c3)sc3ccccc34)n2)c2sc3ccccc3c12. The quantitative estimate of drug-likeness (QED) is 0.201. The summed E-state index contributed by atoms with van der Waals surface area (Å²) in [5.41, 5.74) is 2.87. The van der Waals surface area contributed by atoms with E-state index in [0.29, 0.717) is 17.5 Å². The van der Waals surface area contributed by atoms with Gasteiger partial charge in [-0.3, -0.25) is 0 Å². The third-order valence-electron chi connectivity index (χ3n) is 8.00. The summed E-state index contributed by atoms with van der Waals surface area (Å²) in [5.74, 6) is 1.93. The highest BCUT2D eigenvalue weighted by atomic mass is 35.5. The molecule has 0 N–H and O–H groups in total. The number of fused-ring (bicyclic) bond motifs is 7. The largest absolute Gasteiger partial charge is 0.208 e. The maximum atomic E-state index is 6.79.